The molecular weight excluding hydrogens is 282 g/mol. The number of thiophene rings is 1. The highest BCUT2D eigenvalue weighted by atomic mass is 32.1. The van der Waals surface area contributed by atoms with Crippen LogP contribution in [-0.4, -0.2) is 12.6 Å². The van der Waals surface area contributed by atoms with Crippen molar-refractivity contribution in [2.45, 2.75) is 33.6 Å². The molecule has 1 heterocycles. The second-order valence-electron chi connectivity index (χ2n) is 5.33. The molecule has 0 saturated carbocycles. The lowest BCUT2D eigenvalue weighted by molar-refractivity contribution is 0.0533. The maximum Gasteiger partial charge on any atom is 0.350 e. The fraction of sp³-hybridized carbons (Fsp3) is 0.353. The summed E-state index contributed by atoms with van der Waals surface area (Å²) in [6, 6.07) is 8.28. The van der Waals surface area contributed by atoms with E-state index >= 15 is 0 Å². The van der Waals surface area contributed by atoms with Crippen molar-refractivity contribution in [3.63, 3.8) is 0 Å². The summed E-state index contributed by atoms with van der Waals surface area (Å²) in [5.74, 6) is -0.0824. The number of ether oxygens (including phenoxy) is 1. The Bertz CT molecular complexity index is 642. The topological polar surface area (TPSA) is 52.3 Å². The number of carbonyl (C=O) groups is 1. The zero-order valence-corrected chi connectivity index (χ0v) is 13.7. The highest BCUT2D eigenvalue weighted by molar-refractivity contribution is 7.18. The molecule has 0 aliphatic heterocycles. The molecule has 0 fully saturated rings. The van der Waals surface area contributed by atoms with Crippen LogP contribution in [-0.2, 0) is 4.74 Å². The van der Waals surface area contributed by atoms with Crippen LogP contribution in [0.5, 0.6) is 0 Å². The van der Waals surface area contributed by atoms with E-state index < -0.39 is 0 Å². The van der Waals surface area contributed by atoms with E-state index in [0.29, 0.717) is 17.2 Å². The average molecular weight is 303 g/mol. The molecule has 0 saturated heterocycles. The van der Waals surface area contributed by atoms with Crippen LogP contribution in [0.15, 0.2) is 24.3 Å². The van der Waals surface area contributed by atoms with E-state index in [1.54, 1.807) is 6.92 Å². The zero-order chi connectivity index (χ0) is 15.6. The highest BCUT2D eigenvalue weighted by Crippen LogP contribution is 2.42. The molecule has 4 heteroatoms. The highest BCUT2D eigenvalue weighted by Gasteiger charge is 2.24. The number of anilines is 1. The molecule has 0 bridgehead atoms. The van der Waals surface area contributed by atoms with Gasteiger partial charge in [0.2, 0.25) is 0 Å². The monoisotopic (exact) mass is 303 g/mol. The first kappa shape index (κ1) is 15.6. The Labute approximate surface area is 129 Å². The Balaban J connectivity index is 2.57. The van der Waals surface area contributed by atoms with E-state index in [1.165, 1.54) is 16.9 Å². The third-order valence-electron chi connectivity index (χ3n) is 3.34. The Hall–Kier alpha value is -1.81. The fourth-order valence-electron chi connectivity index (χ4n) is 2.30. The predicted molar refractivity (Wildman–Crippen MR) is 88.9 cm³/mol. The van der Waals surface area contributed by atoms with Gasteiger partial charge in [0, 0.05) is 4.88 Å². The first-order valence-corrected chi connectivity index (χ1v) is 7.93. The molecule has 2 rings (SSSR count). The van der Waals surface area contributed by atoms with Crippen LogP contribution in [0.2, 0.25) is 0 Å². The number of esters is 1. The third-order valence-corrected chi connectivity index (χ3v) is 4.59. The lowest BCUT2D eigenvalue weighted by Gasteiger charge is -2.09. The largest absolute Gasteiger partial charge is 0.462 e. The van der Waals surface area contributed by atoms with Crippen molar-refractivity contribution in [2.24, 2.45) is 0 Å². The Morgan fingerprint density at radius 1 is 1.29 bits per heavy atom. The van der Waals surface area contributed by atoms with E-state index in [1.807, 2.05) is 0 Å². The summed E-state index contributed by atoms with van der Waals surface area (Å²) in [5, 5.41) is 0. The van der Waals surface area contributed by atoms with Gasteiger partial charge in [0.1, 0.15) is 4.88 Å². The maximum absolute atomic E-state index is 12.0. The first-order chi connectivity index (χ1) is 9.95. The Morgan fingerprint density at radius 3 is 2.43 bits per heavy atom. The van der Waals surface area contributed by atoms with E-state index in [-0.39, 0.29) is 11.9 Å². The molecule has 21 heavy (non-hydrogen) atoms. The molecule has 0 aliphatic rings. The Morgan fingerprint density at radius 2 is 1.90 bits per heavy atom. The smallest absolute Gasteiger partial charge is 0.350 e. The lowest BCUT2D eigenvalue weighted by atomic mass is 9.98. The molecule has 112 valence electrons. The summed E-state index contributed by atoms with van der Waals surface area (Å²) in [6.45, 7) is 8.38. The number of carbonyl (C=O) groups excluding carboxylic acids is 1. The molecule has 0 spiro atoms. The molecule has 0 unspecified atom stereocenters. The predicted octanol–water partition coefficient (Wildman–Crippen LogP) is 4.61. The Kier molecular flexibility index (Phi) is 4.68. The summed E-state index contributed by atoms with van der Waals surface area (Å²) >= 11 is 1.42. The number of hydrogen-bond acceptors (Lipinski definition) is 4. The first-order valence-electron chi connectivity index (χ1n) is 7.12. The van der Waals surface area contributed by atoms with Crippen LogP contribution in [0.4, 0.5) is 5.69 Å². The second-order valence-corrected chi connectivity index (χ2v) is 6.35. The number of nitrogens with two attached hydrogens (primary N) is 1. The number of nitrogen functional groups attached to an aromatic ring is 1. The van der Waals surface area contributed by atoms with E-state index in [2.05, 4.69) is 45.0 Å². The van der Waals surface area contributed by atoms with Gasteiger partial charge in [0.15, 0.2) is 0 Å². The van der Waals surface area contributed by atoms with Gasteiger partial charge in [-0.2, -0.15) is 0 Å². The minimum Gasteiger partial charge on any atom is -0.462 e. The summed E-state index contributed by atoms with van der Waals surface area (Å²) in [7, 11) is 0. The van der Waals surface area contributed by atoms with Crippen LogP contribution < -0.4 is 5.73 Å². The van der Waals surface area contributed by atoms with Crippen LogP contribution in [0.1, 0.15) is 47.5 Å². The van der Waals surface area contributed by atoms with Gasteiger partial charge in [0.05, 0.1) is 12.3 Å². The minimum absolute atomic E-state index is 0.251. The molecule has 0 atom stereocenters. The molecule has 3 nitrogen and oxygen atoms in total. The molecule has 2 N–H and O–H groups in total. The number of hydrogen-bond donors (Lipinski definition) is 1. The molecule has 1 aromatic carbocycles. The quantitative estimate of drug-likeness (QED) is 0.839. The summed E-state index contributed by atoms with van der Waals surface area (Å²) in [5.41, 5.74) is 10.1. The lowest BCUT2D eigenvalue weighted by Crippen LogP contribution is -2.06. The standard InChI is InChI=1S/C17H21NO2S/c1-5-20-17(19)16-14(18)13(10(2)3)15(21-16)12-8-6-11(4)7-9-12/h6-10H,5,18H2,1-4H3. The molecule has 1 aromatic heterocycles. The van der Waals surface area contributed by atoms with Crippen molar-refractivity contribution < 1.29 is 9.53 Å². The van der Waals surface area contributed by atoms with Crippen molar-refractivity contribution in [2.75, 3.05) is 12.3 Å². The summed E-state index contributed by atoms with van der Waals surface area (Å²) < 4.78 is 5.10. The van der Waals surface area contributed by atoms with Crippen molar-refractivity contribution >= 4 is 23.0 Å². The van der Waals surface area contributed by atoms with Gasteiger partial charge >= 0.3 is 5.97 Å². The van der Waals surface area contributed by atoms with Gasteiger partial charge < -0.3 is 10.5 Å². The fourth-order valence-corrected chi connectivity index (χ4v) is 3.57. The molecular formula is C17H21NO2S. The van der Waals surface area contributed by atoms with Gasteiger partial charge in [-0.25, -0.2) is 4.79 Å². The van der Waals surface area contributed by atoms with E-state index in [9.17, 15) is 4.79 Å². The van der Waals surface area contributed by atoms with Gasteiger partial charge in [-0.05, 0) is 30.9 Å². The van der Waals surface area contributed by atoms with Crippen LogP contribution in [0, 0.1) is 6.92 Å². The summed E-state index contributed by atoms with van der Waals surface area (Å²) in [4.78, 5) is 13.6. The minimum atomic E-state index is -0.333. The molecule has 0 aliphatic carbocycles. The van der Waals surface area contributed by atoms with Crippen LogP contribution >= 0.6 is 11.3 Å². The van der Waals surface area contributed by atoms with E-state index in [0.717, 1.165) is 16.0 Å². The average Bonchev–Trinajstić information content (AvgIpc) is 2.77. The van der Waals surface area contributed by atoms with Gasteiger partial charge in [0.25, 0.3) is 0 Å². The normalized spacial score (nSPS) is 10.9. The van der Waals surface area contributed by atoms with Crippen molar-refractivity contribution in [3.05, 3.63) is 40.3 Å². The SMILES string of the molecule is CCOC(=O)c1sc(-c2ccc(C)cc2)c(C(C)C)c1N. The van der Waals surface area contributed by atoms with E-state index in [4.69, 9.17) is 10.5 Å². The molecule has 0 amide bonds. The second kappa shape index (κ2) is 6.31. The van der Waals surface area contributed by atoms with Gasteiger partial charge in [-0.3, -0.25) is 0 Å². The number of rotatable bonds is 4. The third kappa shape index (κ3) is 3.10. The molecule has 2 aromatic rings. The summed E-state index contributed by atoms with van der Waals surface area (Å²) in [6.07, 6.45) is 0. The van der Waals surface area contributed by atoms with Crippen LogP contribution in [0.25, 0.3) is 10.4 Å². The number of aryl methyl sites for hydroxylation is 1. The van der Waals surface area contributed by atoms with Crippen molar-refractivity contribution in [1.29, 1.82) is 0 Å². The van der Waals surface area contributed by atoms with Crippen molar-refractivity contribution in [1.82, 2.24) is 0 Å². The van der Waals surface area contributed by atoms with Crippen LogP contribution in [0.3, 0.4) is 0 Å². The molecule has 0 radical (unpaired) electrons. The van der Waals surface area contributed by atoms with Crippen molar-refractivity contribution in [3.8, 4) is 10.4 Å². The zero-order valence-electron chi connectivity index (χ0n) is 12.9. The maximum atomic E-state index is 12.0. The number of benzene rings is 1. The van der Waals surface area contributed by atoms with Gasteiger partial charge in [-0.1, -0.05) is 43.7 Å². The van der Waals surface area contributed by atoms with Gasteiger partial charge in [-0.15, -0.1) is 11.3 Å².